The van der Waals surface area contributed by atoms with E-state index in [4.69, 9.17) is 4.74 Å². The third-order valence-corrected chi connectivity index (χ3v) is 3.85. The Labute approximate surface area is 126 Å². The Morgan fingerprint density at radius 1 is 1.29 bits per heavy atom. The van der Waals surface area contributed by atoms with Crippen LogP contribution in [0.3, 0.4) is 0 Å². The standard InChI is InChI=1S/C16H25N3O2/c1-3-7-14(16(20)21-4-2)18-10-12-19(13-11-18)15-8-5-6-9-17-15/h5-6,8-9,14H,3-4,7,10-13H2,1-2H3. The lowest BCUT2D eigenvalue weighted by Gasteiger charge is -2.38. The predicted octanol–water partition coefficient (Wildman–Crippen LogP) is 1.94. The fourth-order valence-electron chi connectivity index (χ4n) is 2.76. The molecule has 1 aliphatic heterocycles. The molecule has 5 nitrogen and oxygen atoms in total. The highest BCUT2D eigenvalue weighted by molar-refractivity contribution is 5.75. The fraction of sp³-hybridized carbons (Fsp3) is 0.625. The van der Waals surface area contributed by atoms with E-state index in [1.807, 2.05) is 31.3 Å². The number of aromatic nitrogens is 1. The van der Waals surface area contributed by atoms with E-state index in [0.717, 1.165) is 44.8 Å². The summed E-state index contributed by atoms with van der Waals surface area (Å²) in [7, 11) is 0. The molecule has 2 rings (SSSR count). The lowest BCUT2D eigenvalue weighted by molar-refractivity contribution is -0.150. The fourth-order valence-corrected chi connectivity index (χ4v) is 2.76. The monoisotopic (exact) mass is 291 g/mol. The van der Waals surface area contributed by atoms with Crippen molar-refractivity contribution < 1.29 is 9.53 Å². The molecule has 0 amide bonds. The number of piperazine rings is 1. The van der Waals surface area contributed by atoms with Crippen LogP contribution in [0.2, 0.25) is 0 Å². The Bertz CT molecular complexity index is 430. The molecule has 0 N–H and O–H groups in total. The number of ether oxygens (including phenoxy) is 1. The average Bonchev–Trinajstić information content (AvgIpc) is 2.54. The molecule has 1 aromatic rings. The number of hydrogen-bond donors (Lipinski definition) is 0. The van der Waals surface area contributed by atoms with Gasteiger partial charge in [0.2, 0.25) is 0 Å². The number of esters is 1. The highest BCUT2D eigenvalue weighted by Gasteiger charge is 2.29. The van der Waals surface area contributed by atoms with Crippen LogP contribution in [0.4, 0.5) is 5.82 Å². The van der Waals surface area contributed by atoms with Crippen LogP contribution in [0, 0.1) is 0 Å². The maximum atomic E-state index is 12.1. The summed E-state index contributed by atoms with van der Waals surface area (Å²) in [4.78, 5) is 21.0. The number of nitrogens with zero attached hydrogens (tertiary/aromatic N) is 3. The maximum Gasteiger partial charge on any atom is 0.323 e. The van der Waals surface area contributed by atoms with Crippen LogP contribution in [0.25, 0.3) is 0 Å². The van der Waals surface area contributed by atoms with Crippen molar-refractivity contribution in [3.63, 3.8) is 0 Å². The van der Waals surface area contributed by atoms with Crippen LogP contribution in [0.1, 0.15) is 26.7 Å². The molecular weight excluding hydrogens is 266 g/mol. The SMILES string of the molecule is CCCC(C(=O)OCC)N1CCN(c2ccccn2)CC1. The first-order chi connectivity index (χ1) is 10.3. The van der Waals surface area contributed by atoms with Crippen molar-refractivity contribution in [2.24, 2.45) is 0 Å². The molecule has 1 aliphatic rings. The minimum atomic E-state index is -0.0965. The molecule has 0 aromatic carbocycles. The lowest BCUT2D eigenvalue weighted by Crippen LogP contribution is -2.53. The third-order valence-electron chi connectivity index (χ3n) is 3.85. The summed E-state index contributed by atoms with van der Waals surface area (Å²) >= 11 is 0. The Hall–Kier alpha value is -1.62. The van der Waals surface area contributed by atoms with Crippen LogP contribution in [-0.2, 0) is 9.53 Å². The Kier molecular flexibility index (Phi) is 5.99. The molecule has 5 heteroatoms. The van der Waals surface area contributed by atoms with E-state index < -0.39 is 0 Å². The van der Waals surface area contributed by atoms with E-state index in [0.29, 0.717) is 6.61 Å². The van der Waals surface area contributed by atoms with Gasteiger partial charge in [-0.2, -0.15) is 0 Å². The quantitative estimate of drug-likeness (QED) is 0.750. The van der Waals surface area contributed by atoms with E-state index in [2.05, 4.69) is 21.7 Å². The molecule has 0 saturated carbocycles. The van der Waals surface area contributed by atoms with Gasteiger partial charge < -0.3 is 9.64 Å². The molecule has 0 bridgehead atoms. The summed E-state index contributed by atoms with van der Waals surface area (Å²) in [6, 6.07) is 5.87. The van der Waals surface area contributed by atoms with E-state index in [-0.39, 0.29) is 12.0 Å². The molecular formula is C16H25N3O2. The number of carbonyl (C=O) groups is 1. The van der Waals surface area contributed by atoms with Gasteiger partial charge in [0.15, 0.2) is 0 Å². The molecule has 0 aliphatic carbocycles. The highest BCUT2D eigenvalue weighted by atomic mass is 16.5. The smallest absolute Gasteiger partial charge is 0.323 e. The van der Waals surface area contributed by atoms with Crippen molar-refractivity contribution in [1.82, 2.24) is 9.88 Å². The Morgan fingerprint density at radius 2 is 2.05 bits per heavy atom. The zero-order valence-corrected chi connectivity index (χ0v) is 13.0. The van der Waals surface area contributed by atoms with Crippen molar-refractivity contribution in [1.29, 1.82) is 0 Å². The summed E-state index contributed by atoms with van der Waals surface area (Å²) < 4.78 is 5.21. The highest BCUT2D eigenvalue weighted by Crippen LogP contribution is 2.16. The summed E-state index contributed by atoms with van der Waals surface area (Å²) in [6.45, 7) is 7.97. The topological polar surface area (TPSA) is 45.7 Å². The number of anilines is 1. The summed E-state index contributed by atoms with van der Waals surface area (Å²) in [5.41, 5.74) is 0. The van der Waals surface area contributed by atoms with Crippen molar-refractivity contribution in [2.45, 2.75) is 32.7 Å². The van der Waals surface area contributed by atoms with Gasteiger partial charge in [-0.25, -0.2) is 4.98 Å². The molecule has 1 aromatic heterocycles. The van der Waals surface area contributed by atoms with Gasteiger partial charge in [-0.15, -0.1) is 0 Å². The van der Waals surface area contributed by atoms with E-state index in [1.54, 1.807) is 0 Å². The molecule has 0 spiro atoms. The molecule has 1 unspecified atom stereocenters. The van der Waals surface area contributed by atoms with Crippen LogP contribution in [-0.4, -0.2) is 54.7 Å². The van der Waals surface area contributed by atoms with Crippen LogP contribution >= 0.6 is 0 Å². The largest absolute Gasteiger partial charge is 0.465 e. The number of rotatable bonds is 6. The van der Waals surface area contributed by atoms with Crippen molar-refractivity contribution >= 4 is 11.8 Å². The van der Waals surface area contributed by atoms with E-state index >= 15 is 0 Å². The van der Waals surface area contributed by atoms with Gasteiger partial charge in [0, 0.05) is 32.4 Å². The van der Waals surface area contributed by atoms with Crippen molar-refractivity contribution in [2.75, 3.05) is 37.7 Å². The van der Waals surface area contributed by atoms with Gasteiger partial charge in [-0.05, 0) is 25.5 Å². The molecule has 2 heterocycles. The molecule has 1 atom stereocenters. The van der Waals surface area contributed by atoms with Gasteiger partial charge in [0.1, 0.15) is 11.9 Å². The first kappa shape index (κ1) is 15.8. The minimum Gasteiger partial charge on any atom is -0.465 e. The van der Waals surface area contributed by atoms with Gasteiger partial charge in [-0.3, -0.25) is 9.69 Å². The molecule has 1 saturated heterocycles. The van der Waals surface area contributed by atoms with Crippen LogP contribution < -0.4 is 4.90 Å². The molecule has 1 fully saturated rings. The minimum absolute atomic E-state index is 0.0781. The third kappa shape index (κ3) is 4.17. The van der Waals surface area contributed by atoms with Crippen LogP contribution in [0.15, 0.2) is 24.4 Å². The van der Waals surface area contributed by atoms with Gasteiger partial charge in [0.05, 0.1) is 6.61 Å². The molecule has 0 radical (unpaired) electrons. The molecule has 21 heavy (non-hydrogen) atoms. The first-order valence-electron chi connectivity index (χ1n) is 7.83. The number of hydrogen-bond acceptors (Lipinski definition) is 5. The van der Waals surface area contributed by atoms with Crippen LogP contribution in [0.5, 0.6) is 0 Å². The normalized spacial score (nSPS) is 17.5. The second kappa shape index (κ2) is 7.98. The lowest BCUT2D eigenvalue weighted by atomic mass is 10.1. The summed E-state index contributed by atoms with van der Waals surface area (Å²) in [5, 5.41) is 0. The first-order valence-corrected chi connectivity index (χ1v) is 7.83. The van der Waals surface area contributed by atoms with E-state index in [1.165, 1.54) is 0 Å². The van der Waals surface area contributed by atoms with E-state index in [9.17, 15) is 4.79 Å². The van der Waals surface area contributed by atoms with Gasteiger partial charge in [0.25, 0.3) is 0 Å². The second-order valence-corrected chi connectivity index (χ2v) is 5.27. The zero-order valence-electron chi connectivity index (χ0n) is 13.0. The number of carbonyl (C=O) groups excluding carboxylic acids is 1. The predicted molar refractivity (Wildman–Crippen MR) is 83.4 cm³/mol. The summed E-state index contributed by atoms with van der Waals surface area (Å²) in [6.07, 6.45) is 3.67. The summed E-state index contributed by atoms with van der Waals surface area (Å²) in [5.74, 6) is 0.936. The van der Waals surface area contributed by atoms with Crippen molar-refractivity contribution in [3.05, 3.63) is 24.4 Å². The Morgan fingerprint density at radius 3 is 2.62 bits per heavy atom. The van der Waals surface area contributed by atoms with Gasteiger partial charge in [-0.1, -0.05) is 19.4 Å². The average molecular weight is 291 g/mol. The van der Waals surface area contributed by atoms with Gasteiger partial charge >= 0.3 is 5.97 Å². The zero-order chi connectivity index (χ0) is 15.1. The second-order valence-electron chi connectivity index (χ2n) is 5.27. The Balaban J connectivity index is 1.93. The van der Waals surface area contributed by atoms with Crippen molar-refractivity contribution in [3.8, 4) is 0 Å². The molecule has 116 valence electrons. The number of pyridine rings is 1. The maximum absolute atomic E-state index is 12.1.